The normalized spacial score (nSPS) is 10.8. The number of hydrogen-bond donors (Lipinski definition) is 1. The summed E-state index contributed by atoms with van der Waals surface area (Å²) in [6, 6.07) is 23.4. The third-order valence-corrected chi connectivity index (χ3v) is 6.12. The Kier molecular flexibility index (Phi) is 4.57. The van der Waals surface area contributed by atoms with Crippen molar-refractivity contribution >= 4 is 46.2 Å². The van der Waals surface area contributed by atoms with Crippen LogP contribution in [-0.4, -0.2) is 15.0 Å². The van der Waals surface area contributed by atoms with Crippen LogP contribution in [0.1, 0.15) is 0 Å². The zero-order chi connectivity index (χ0) is 17.9. The second kappa shape index (κ2) is 7.16. The zero-order valence-electron chi connectivity index (χ0n) is 13.6. The average molecular weight is 410 g/mol. The second-order valence-corrected chi connectivity index (χ2v) is 7.91. The van der Waals surface area contributed by atoms with E-state index in [9.17, 15) is 9.18 Å². The van der Waals surface area contributed by atoms with Crippen LogP contribution in [0, 0.1) is 5.82 Å². The van der Waals surface area contributed by atoms with Crippen LogP contribution in [0.3, 0.4) is 0 Å². The van der Waals surface area contributed by atoms with Crippen LogP contribution in [0.2, 0.25) is 0 Å². The molecule has 0 aliphatic carbocycles. The summed E-state index contributed by atoms with van der Waals surface area (Å²) < 4.78 is 20.2. The summed E-state index contributed by atoms with van der Waals surface area (Å²) in [5.74, 6) is -0.294. The van der Waals surface area contributed by atoms with E-state index in [2.05, 4.69) is 5.32 Å². The molecular formula is C21H14FNO2Se. The van der Waals surface area contributed by atoms with Gasteiger partial charge in [-0.1, -0.05) is 0 Å². The molecule has 0 unspecified atom stereocenters. The molecule has 0 spiro atoms. The Morgan fingerprint density at radius 3 is 2.31 bits per heavy atom. The van der Waals surface area contributed by atoms with Crippen molar-refractivity contribution < 1.29 is 8.81 Å². The predicted molar refractivity (Wildman–Crippen MR) is 104 cm³/mol. The first-order valence-electron chi connectivity index (χ1n) is 8.02. The average Bonchev–Trinajstić information content (AvgIpc) is 2.67. The Labute approximate surface area is 155 Å². The topological polar surface area (TPSA) is 42.2 Å². The Morgan fingerprint density at radius 2 is 1.54 bits per heavy atom. The van der Waals surface area contributed by atoms with Crippen molar-refractivity contribution in [2.24, 2.45) is 0 Å². The third-order valence-electron chi connectivity index (χ3n) is 3.85. The van der Waals surface area contributed by atoms with Crippen LogP contribution in [0.25, 0.3) is 11.0 Å². The molecule has 0 atom stereocenters. The second-order valence-electron chi connectivity index (χ2n) is 5.64. The van der Waals surface area contributed by atoms with Crippen LogP contribution in [-0.2, 0) is 0 Å². The number of anilines is 2. The summed E-state index contributed by atoms with van der Waals surface area (Å²) in [5.41, 5.74) is 1.80. The Bertz CT molecular complexity index is 1110. The van der Waals surface area contributed by atoms with E-state index >= 15 is 0 Å². The number of nitrogens with one attached hydrogen (secondary N) is 1. The van der Waals surface area contributed by atoms with Crippen LogP contribution in [0.15, 0.2) is 88.1 Å². The molecule has 1 heterocycles. The summed E-state index contributed by atoms with van der Waals surface area (Å²) in [4.78, 5) is 12.7. The summed E-state index contributed by atoms with van der Waals surface area (Å²) in [5, 5.41) is 4.21. The van der Waals surface area contributed by atoms with Crippen molar-refractivity contribution in [3.05, 3.63) is 95.1 Å². The Morgan fingerprint density at radius 1 is 0.846 bits per heavy atom. The predicted octanol–water partition coefficient (Wildman–Crippen LogP) is 3.33. The van der Waals surface area contributed by atoms with Gasteiger partial charge in [-0.25, -0.2) is 0 Å². The summed E-state index contributed by atoms with van der Waals surface area (Å²) in [7, 11) is 0. The van der Waals surface area contributed by atoms with E-state index in [0.29, 0.717) is 10.0 Å². The minimum absolute atomic E-state index is 0.294. The van der Waals surface area contributed by atoms with Gasteiger partial charge in [-0.15, -0.1) is 0 Å². The van der Waals surface area contributed by atoms with Gasteiger partial charge in [0.15, 0.2) is 0 Å². The molecule has 0 amide bonds. The molecule has 0 saturated heterocycles. The molecule has 3 nitrogen and oxygen atoms in total. The fourth-order valence-corrected chi connectivity index (χ4v) is 4.52. The first kappa shape index (κ1) is 16.6. The number of rotatable bonds is 4. The molecule has 0 radical (unpaired) electrons. The summed E-state index contributed by atoms with van der Waals surface area (Å²) in [6.07, 6.45) is 0. The molecule has 128 valence electrons. The van der Waals surface area contributed by atoms with E-state index in [1.54, 1.807) is 18.2 Å². The SMILES string of the molecule is O=c1oc2ccccc2c(Nc2ccccc2)c1[Se]c1ccc(F)cc1. The summed E-state index contributed by atoms with van der Waals surface area (Å²) in [6.45, 7) is 0. The molecule has 3 aromatic carbocycles. The van der Waals surface area contributed by atoms with Gasteiger partial charge in [-0.05, 0) is 0 Å². The van der Waals surface area contributed by atoms with E-state index < -0.39 is 0 Å². The quantitative estimate of drug-likeness (QED) is 0.415. The zero-order valence-corrected chi connectivity index (χ0v) is 15.3. The van der Waals surface area contributed by atoms with E-state index in [1.807, 2.05) is 48.5 Å². The number of halogens is 1. The number of benzene rings is 3. The monoisotopic (exact) mass is 411 g/mol. The molecule has 4 rings (SSSR count). The van der Waals surface area contributed by atoms with Crippen LogP contribution in [0.5, 0.6) is 0 Å². The third kappa shape index (κ3) is 3.40. The molecule has 0 bridgehead atoms. The van der Waals surface area contributed by atoms with Crippen molar-refractivity contribution in [3.63, 3.8) is 0 Å². The van der Waals surface area contributed by atoms with E-state index in [0.717, 1.165) is 21.2 Å². The van der Waals surface area contributed by atoms with Gasteiger partial charge in [0.25, 0.3) is 0 Å². The van der Waals surface area contributed by atoms with E-state index in [1.165, 1.54) is 12.1 Å². The fraction of sp³-hybridized carbons (Fsp3) is 0. The molecule has 1 N–H and O–H groups in total. The number of para-hydroxylation sites is 2. The van der Waals surface area contributed by atoms with E-state index in [4.69, 9.17) is 4.42 Å². The molecular weight excluding hydrogens is 396 g/mol. The van der Waals surface area contributed by atoms with Crippen molar-refractivity contribution in [1.82, 2.24) is 0 Å². The molecule has 0 fully saturated rings. The van der Waals surface area contributed by atoms with E-state index in [-0.39, 0.29) is 26.4 Å². The fourth-order valence-electron chi connectivity index (χ4n) is 2.64. The molecule has 1 aromatic heterocycles. The molecule has 4 aromatic rings. The standard InChI is InChI=1S/C21H14FNO2Se/c22-14-10-12-16(13-11-14)26-20-19(23-15-6-2-1-3-7-15)17-8-4-5-9-18(17)25-21(20)24/h1-13,23H. The number of hydrogen-bond acceptors (Lipinski definition) is 3. The van der Waals surface area contributed by atoms with Gasteiger partial charge in [-0.2, -0.15) is 0 Å². The summed E-state index contributed by atoms with van der Waals surface area (Å²) >= 11 is -0.324. The van der Waals surface area contributed by atoms with Gasteiger partial charge in [0.05, 0.1) is 0 Å². The van der Waals surface area contributed by atoms with Gasteiger partial charge in [0.2, 0.25) is 0 Å². The maximum absolute atomic E-state index is 13.2. The van der Waals surface area contributed by atoms with Gasteiger partial charge >= 0.3 is 155 Å². The van der Waals surface area contributed by atoms with Crippen molar-refractivity contribution in [1.29, 1.82) is 0 Å². The van der Waals surface area contributed by atoms with Gasteiger partial charge in [0, 0.05) is 0 Å². The van der Waals surface area contributed by atoms with Crippen molar-refractivity contribution in [2.75, 3.05) is 5.32 Å². The van der Waals surface area contributed by atoms with Crippen LogP contribution < -0.4 is 19.9 Å². The van der Waals surface area contributed by atoms with Crippen molar-refractivity contribution in [3.8, 4) is 0 Å². The van der Waals surface area contributed by atoms with Gasteiger partial charge < -0.3 is 0 Å². The van der Waals surface area contributed by atoms with Crippen molar-refractivity contribution in [2.45, 2.75) is 0 Å². The molecule has 26 heavy (non-hydrogen) atoms. The first-order chi connectivity index (χ1) is 12.7. The number of fused-ring (bicyclic) bond motifs is 1. The molecule has 5 heteroatoms. The molecule has 0 aliphatic rings. The maximum atomic E-state index is 13.2. The van der Waals surface area contributed by atoms with Gasteiger partial charge in [-0.3, -0.25) is 0 Å². The molecule has 0 aliphatic heterocycles. The van der Waals surface area contributed by atoms with Crippen LogP contribution >= 0.6 is 0 Å². The Balaban J connectivity index is 1.87. The first-order valence-corrected chi connectivity index (χ1v) is 9.73. The Hall–Kier alpha value is -2.88. The minimum atomic E-state index is -0.369. The van der Waals surface area contributed by atoms with Crippen LogP contribution in [0.4, 0.5) is 15.8 Å². The van der Waals surface area contributed by atoms with Gasteiger partial charge in [0.1, 0.15) is 0 Å². The molecule has 0 saturated carbocycles.